The molecular weight excluding hydrogens is 252 g/mol. The first-order chi connectivity index (χ1) is 8.85. The fourth-order valence-electron chi connectivity index (χ4n) is 2.59. The molecule has 108 valence electrons. The van der Waals surface area contributed by atoms with Gasteiger partial charge in [-0.05, 0) is 13.3 Å². The maximum absolute atomic E-state index is 12.1. The van der Waals surface area contributed by atoms with Crippen LogP contribution in [-0.2, 0) is 28.5 Å². The number of hydrogen-bond acceptors (Lipinski definition) is 6. The van der Waals surface area contributed by atoms with Gasteiger partial charge in [-0.25, -0.2) is 4.79 Å². The van der Waals surface area contributed by atoms with Crippen LogP contribution in [0, 0.1) is 5.92 Å². The molecule has 1 aliphatic carbocycles. The number of carbonyl (C=O) groups is 2. The van der Waals surface area contributed by atoms with Crippen LogP contribution in [0.2, 0.25) is 0 Å². The Labute approximate surface area is 112 Å². The summed E-state index contributed by atoms with van der Waals surface area (Å²) in [6.07, 6.45) is 0.702. The van der Waals surface area contributed by atoms with Gasteiger partial charge in [-0.2, -0.15) is 0 Å². The predicted octanol–water partition coefficient (Wildman–Crippen LogP) is 1.02. The second kappa shape index (κ2) is 4.85. The maximum atomic E-state index is 12.1. The third-order valence-corrected chi connectivity index (χ3v) is 4.20. The van der Waals surface area contributed by atoms with Crippen LogP contribution in [0.3, 0.4) is 0 Å². The molecule has 4 atom stereocenters. The van der Waals surface area contributed by atoms with E-state index in [4.69, 9.17) is 18.9 Å². The monoisotopic (exact) mass is 272 g/mol. The first kappa shape index (κ1) is 14.4. The van der Waals surface area contributed by atoms with E-state index in [0.29, 0.717) is 19.3 Å². The lowest BCUT2D eigenvalue weighted by Gasteiger charge is -2.48. The van der Waals surface area contributed by atoms with Gasteiger partial charge in [0.1, 0.15) is 5.78 Å². The van der Waals surface area contributed by atoms with Crippen LogP contribution in [-0.4, -0.2) is 43.7 Å². The molecular formula is C13H20O6. The van der Waals surface area contributed by atoms with Crippen molar-refractivity contribution < 1.29 is 28.5 Å². The molecule has 1 aliphatic heterocycles. The van der Waals surface area contributed by atoms with E-state index in [0.717, 1.165) is 0 Å². The molecule has 0 spiro atoms. The van der Waals surface area contributed by atoms with Gasteiger partial charge in [-0.3, -0.25) is 4.79 Å². The highest BCUT2D eigenvalue weighted by molar-refractivity contribution is 5.83. The van der Waals surface area contributed by atoms with Gasteiger partial charge < -0.3 is 18.9 Å². The molecule has 0 amide bonds. The molecule has 2 rings (SSSR count). The summed E-state index contributed by atoms with van der Waals surface area (Å²) in [5.41, 5.74) is 0. The van der Waals surface area contributed by atoms with Crippen LogP contribution in [0.15, 0.2) is 0 Å². The zero-order valence-electron chi connectivity index (χ0n) is 11.7. The van der Waals surface area contributed by atoms with E-state index in [9.17, 15) is 9.59 Å². The molecule has 0 N–H and O–H groups in total. The SMILES string of the molecule is CO[C@@]1(C)OC(=O)[C@@H]([C@H]2CCC(=O)C2)O[C@]1(C)OC. The van der Waals surface area contributed by atoms with Crippen molar-refractivity contribution in [1.82, 2.24) is 0 Å². The van der Waals surface area contributed by atoms with Gasteiger partial charge in [0.2, 0.25) is 5.79 Å². The topological polar surface area (TPSA) is 71.1 Å². The molecule has 6 nitrogen and oxygen atoms in total. The molecule has 0 aromatic carbocycles. The quantitative estimate of drug-likeness (QED) is 0.714. The zero-order chi connectivity index (χ0) is 14.3. The number of Topliss-reactive ketones (excluding diaryl/α,β-unsaturated/α-hetero) is 1. The van der Waals surface area contributed by atoms with Crippen molar-refractivity contribution >= 4 is 11.8 Å². The van der Waals surface area contributed by atoms with Crippen LogP contribution in [0.1, 0.15) is 33.1 Å². The summed E-state index contributed by atoms with van der Waals surface area (Å²) < 4.78 is 21.7. The highest BCUT2D eigenvalue weighted by atomic mass is 16.8. The summed E-state index contributed by atoms with van der Waals surface area (Å²) in [6.45, 7) is 3.25. The number of cyclic esters (lactones) is 1. The summed E-state index contributed by atoms with van der Waals surface area (Å²) in [5, 5.41) is 0. The lowest BCUT2D eigenvalue weighted by molar-refractivity contribution is -0.409. The smallest absolute Gasteiger partial charge is 0.338 e. The van der Waals surface area contributed by atoms with E-state index in [1.54, 1.807) is 13.8 Å². The zero-order valence-corrected chi connectivity index (χ0v) is 11.7. The highest BCUT2D eigenvalue weighted by Gasteiger charge is 2.59. The van der Waals surface area contributed by atoms with Gasteiger partial charge in [0, 0.05) is 39.9 Å². The van der Waals surface area contributed by atoms with Gasteiger partial charge in [-0.1, -0.05) is 0 Å². The second-order valence-corrected chi connectivity index (χ2v) is 5.30. The van der Waals surface area contributed by atoms with E-state index in [2.05, 4.69) is 0 Å². The Bertz CT molecular complexity index is 395. The largest absolute Gasteiger partial charge is 0.425 e. The highest BCUT2D eigenvalue weighted by Crippen LogP contribution is 2.41. The Morgan fingerprint density at radius 1 is 1.16 bits per heavy atom. The molecule has 19 heavy (non-hydrogen) atoms. The Morgan fingerprint density at radius 3 is 2.26 bits per heavy atom. The average molecular weight is 272 g/mol. The second-order valence-electron chi connectivity index (χ2n) is 5.30. The number of carbonyl (C=O) groups excluding carboxylic acids is 2. The van der Waals surface area contributed by atoms with Crippen molar-refractivity contribution in [3.8, 4) is 0 Å². The van der Waals surface area contributed by atoms with E-state index >= 15 is 0 Å². The molecule has 6 heteroatoms. The number of methoxy groups -OCH3 is 2. The normalized spacial score (nSPS) is 43.4. The first-order valence-corrected chi connectivity index (χ1v) is 6.38. The van der Waals surface area contributed by atoms with Crippen LogP contribution in [0.5, 0.6) is 0 Å². The Balaban J connectivity index is 2.21. The van der Waals surface area contributed by atoms with Crippen molar-refractivity contribution in [1.29, 1.82) is 0 Å². The van der Waals surface area contributed by atoms with E-state index in [1.807, 2.05) is 0 Å². The molecule has 1 saturated carbocycles. The molecule has 0 unspecified atom stereocenters. The van der Waals surface area contributed by atoms with Gasteiger partial charge in [0.15, 0.2) is 6.10 Å². The van der Waals surface area contributed by atoms with Crippen molar-refractivity contribution in [2.45, 2.75) is 50.8 Å². The van der Waals surface area contributed by atoms with Gasteiger partial charge in [0.05, 0.1) is 0 Å². The Morgan fingerprint density at radius 2 is 1.79 bits per heavy atom. The van der Waals surface area contributed by atoms with Crippen LogP contribution >= 0.6 is 0 Å². The maximum Gasteiger partial charge on any atom is 0.338 e. The molecule has 2 aliphatic rings. The molecule has 0 aromatic heterocycles. The Hall–Kier alpha value is -0.980. The molecule has 0 radical (unpaired) electrons. The molecule has 0 aromatic rings. The van der Waals surface area contributed by atoms with Gasteiger partial charge in [0.25, 0.3) is 5.79 Å². The summed E-state index contributed by atoms with van der Waals surface area (Å²) >= 11 is 0. The summed E-state index contributed by atoms with van der Waals surface area (Å²) in [7, 11) is 2.89. The first-order valence-electron chi connectivity index (χ1n) is 6.38. The van der Waals surface area contributed by atoms with Crippen molar-refractivity contribution in [2.75, 3.05) is 14.2 Å². The molecule has 1 saturated heterocycles. The van der Waals surface area contributed by atoms with Crippen molar-refractivity contribution in [2.24, 2.45) is 5.92 Å². The van der Waals surface area contributed by atoms with Crippen molar-refractivity contribution in [3.05, 3.63) is 0 Å². The van der Waals surface area contributed by atoms with E-state index in [-0.39, 0.29) is 11.7 Å². The third kappa shape index (κ3) is 2.28. The predicted molar refractivity (Wildman–Crippen MR) is 64.1 cm³/mol. The van der Waals surface area contributed by atoms with Crippen LogP contribution < -0.4 is 0 Å². The van der Waals surface area contributed by atoms with Crippen molar-refractivity contribution in [3.63, 3.8) is 0 Å². The number of ether oxygens (including phenoxy) is 4. The average Bonchev–Trinajstić information content (AvgIpc) is 2.80. The lowest BCUT2D eigenvalue weighted by atomic mass is 9.97. The molecule has 0 bridgehead atoms. The lowest BCUT2D eigenvalue weighted by Crippen LogP contribution is -2.65. The fraction of sp³-hybridized carbons (Fsp3) is 0.846. The minimum atomic E-state index is -1.31. The minimum Gasteiger partial charge on any atom is -0.425 e. The van der Waals surface area contributed by atoms with Crippen LogP contribution in [0.4, 0.5) is 0 Å². The number of esters is 1. The summed E-state index contributed by atoms with van der Waals surface area (Å²) in [5.74, 6) is -3.00. The Kier molecular flexibility index (Phi) is 3.68. The number of rotatable bonds is 3. The standard InChI is InChI=1S/C13H20O6/c1-12(16-3)13(2,17-4)19-11(15)10(18-12)8-5-6-9(14)7-8/h8,10H,5-7H2,1-4H3/t8-,10+,12-,13-/m0/s1. The fourth-order valence-corrected chi connectivity index (χ4v) is 2.59. The van der Waals surface area contributed by atoms with Gasteiger partial charge >= 0.3 is 5.97 Å². The summed E-state index contributed by atoms with van der Waals surface area (Å²) in [6, 6.07) is 0. The van der Waals surface area contributed by atoms with E-state index in [1.165, 1.54) is 14.2 Å². The van der Waals surface area contributed by atoms with E-state index < -0.39 is 23.6 Å². The number of hydrogen-bond donors (Lipinski definition) is 0. The molecule has 2 fully saturated rings. The summed E-state index contributed by atoms with van der Waals surface area (Å²) in [4.78, 5) is 23.4. The van der Waals surface area contributed by atoms with Crippen LogP contribution in [0.25, 0.3) is 0 Å². The molecule has 1 heterocycles. The number of ketones is 1. The third-order valence-electron chi connectivity index (χ3n) is 4.20. The minimum absolute atomic E-state index is 0.143. The van der Waals surface area contributed by atoms with Gasteiger partial charge in [-0.15, -0.1) is 0 Å².